The minimum absolute atomic E-state index is 0.00856. The maximum absolute atomic E-state index is 2.78. The summed E-state index contributed by atoms with van der Waals surface area (Å²) in [4.78, 5) is 8.04. The monoisotopic (exact) mass is 906 g/mol. The van der Waals surface area contributed by atoms with Crippen molar-refractivity contribution >= 4 is 68.6 Å². The highest BCUT2D eigenvalue weighted by Gasteiger charge is 2.56. The fourth-order valence-electron chi connectivity index (χ4n) is 12.9. The standard InChI is InChI=1S/C65H72BN3/c1-43-38-58-60-59(39-43)68(54-34-28-46(62(5,6)7)40-50(54)44-22-16-15-17-23-44)56-35-29-47(63(8,9)10)41-53(56)66(60)52-33-32-49(42-57(52)67(58)48-30-26-45(27-31-48)61(2,3)4)69-55-25-19-18-24-51(55)64(11)36-20-13-14-21-37-65(64,69)12/h15-19,22-35,38-42H,13-14,20-21,36-37H2,1-12H3. The van der Waals surface area contributed by atoms with Crippen molar-refractivity contribution in [3.63, 3.8) is 0 Å². The highest BCUT2D eigenvalue weighted by Crippen LogP contribution is 2.60. The molecule has 7 aromatic rings. The van der Waals surface area contributed by atoms with Gasteiger partial charge in [-0.25, -0.2) is 0 Å². The zero-order valence-electron chi connectivity index (χ0n) is 43.5. The number of hydrogen-bond donors (Lipinski definition) is 0. The van der Waals surface area contributed by atoms with Gasteiger partial charge in [-0.3, -0.25) is 0 Å². The molecule has 7 aromatic carbocycles. The molecule has 3 nitrogen and oxygen atoms in total. The Morgan fingerprint density at radius 3 is 1.71 bits per heavy atom. The number of rotatable bonds is 4. The van der Waals surface area contributed by atoms with E-state index in [9.17, 15) is 0 Å². The topological polar surface area (TPSA) is 9.72 Å². The largest absolute Gasteiger partial charge is 0.334 e. The van der Waals surface area contributed by atoms with Crippen LogP contribution in [-0.4, -0.2) is 12.3 Å². The Morgan fingerprint density at radius 1 is 0.449 bits per heavy atom. The number of fused-ring (bicyclic) bond motifs is 7. The van der Waals surface area contributed by atoms with E-state index in [1.165, 1.54) is 139 Å². The molecule has 0 aromatic heterocycles. The summed E-state index contributed by atoms with van der Waals surface area (Å²) in [6, 6.07) is 57.1. The Hall–Kier alpha value is -6.00. The van der Waals surface area contributed by atoms with Gasteiger partial charge in [0.2, 0.25) is 0 Å². The summed E-state index contributed by atoms with van der Waals surface area (Å²) < 4.78 is 0. The molecule has 1 saturated carbocycles. The van der Waals surface area contributed by atoms with Crippen molar-refractivity contribution in [2.75, 3.05) is 14.7 Å². The molecule has 0 spiro atoms. The molecule has 0 radical (unpaired) electrons. The van der Waals surface area contributed by atoms with Crippen molar-refractivity contribution in [1.29, 1.82) is 0 Å². The minimum Gasteiger partial charge on any atom is -0.334 e. The zero-order valence-corrected chi connectivity index (χ0v) is 43.5. The Balaban J connectivity index is 1.21. The van der Waals surface area contributed by atoms with Gasteiger partial charge in [0, 0.05) is 50.8 Å². The van der Waals surface area contributed by atoms with Gasteiger partial charge in [0.25, 0.3) is 6.71 Å². The van der Waals surface area contributed by atoms with Crippen LogP contribution in [0.1, 0.15) is 143 Å². The molecule has 0 N–H and O–H groups in total. The van der Waals surface area contributed by atoms with Gasteiger partial charge in [-0.2, -0.15) is 0 Å². The van der Waals surface area contributed by atoms with Crippen LogP contribution in [0.4, 0.5) is 45.5 Å². The third-order valence-corrected chi connectivity index (χ3v) is 17.0. The van der Waals surface area contributed by atoms with E-state index < -0.39 is 0 Å². The fraction of sp³-hybridized carbons (Fsp3) is 0.354. The molecule has 0 bridgehead atoms. The first-order chi connectivity index (χ1) is 32.8. The minimum atomic E-state index is -0.0700. The number of aryl methyl sites for hydroxylation is 1. The van der Waals surface area contributed by atoms with Crippen LogP contribution in [0.3, 0.4) is 0 Å². The van der Waals surface area contributed by atoms with Gasteiger partial charge in [-0.1, -0.05) is 180 Å². The van der Waals surface area contributed by atoms with Crippen LogP contribution in [0.15, 0.2) is 146 Å². The third kappa shape index (κ3) is 7.21. The molecule has 11 rings (SSSR count). The van der Waals surface area contributed by atoms with E-state index in [2.05, 4.69) is 243 Å². The second-order valence-electron chi connectivity index (χ2n) is 24.6. The van der Waals surface area contributed by atoms with Crippen LogP contribution >= 0.6 is 0 Å². The van der Waals surface area contributed by atoms with Gasteiger partial charge in [-0.15, -0.1) is 0 Å². The van der Waals surface area contributed by atoms with Crippen molar-refractivity contribution in [3.05, 3.63) is 173 Å². The summed E-state index contributed by atoms with van der Waals surface area (Å²) in [5.74, 6) is 0. The van der Waals surface area contributed by atoms with Gasteiger partial charge < -0.3 is 14.7 Å². The summed E-state index contributed by atoms with van der Waals surface area (Å²) in [5, 5.41) is 0. The smallest absolute Gasteiger partial charge is 0.252 e. The van der Waals surface area contributed by atoms with Crippen molar-refractivity contribution in [2.45, 2.75) is 149 Å². The molecule has 0 amide bonds. The molecule has 1 fully saturated rings. The van der Waals surface area contributed by atoms with Crippen LogP contribution in [0.5, 0.6) is 0 Å². The number of para-hydroxylation sites is 1. The Bertz CT molecular complexity index is 3130. The summed E-state index contributed by atoms with van der Waals surface area (Å²) in [5.41, 5.74) is 23.4. The Labute approximate surface area is 414 Å². The van der Waals surface area contributed by atoms with E-state index in [0.29, 0.717) is 0 Å². The molecule has 4 heteroatoms. The van der Waals surface area contributed by atoms with Crippen LogP contribution in [0, 0.1) is 6.92 Å². The fourth-order valence-corrected chi connectivity index (χ4v) is 12.9. The van der Waals surface area contributed by atoms with Gasteiger partial charge >= 0.3 is 0 Å². The van der Waals surface area contributed by atoms with Crippen LogP contribution in [0.2, 0.25) is 0 Å². The quantitative estimate of drug-likeness (QED) is 0.163. The van der Waals surface area contributed by atoms with Crippen molar-refractivity contribution in [1.82, 2.24) is 0 Å². The Kier molecular flexibility index (Phi) is 10.6. The number of anilines is 8. The zero-order chi connectivity index (χ0) is 48.4. The van der Waals surface area contributed by atoms with E-state index in [1.54, 1.807) is 0 Å². The average molecular weight is 906 g/mol. The predicted molar refractivity (Wildman–Crippen MR) is 299 cm³/mol. The summed E-state index contributed by atoms with van der Waals surface area (Å²) in [7, 11) is 0. The number of nitrogens with zero attached hydrogens (tertiary/aromatic N) is 3. The molecule has 2 unspecified atom stereocenters. The van der Waals surface area contributed by atoms with E-state index >= 15 is 0 Å². The Morgan fingerprint density at radius 2 is 1.03 bits per heavy atom. The molecule has 1 aliphatic carbocycles. The molecule has 4 aliphatic rings. The van der Waals surface area contributed by atoms with E-state index in [0.717, 1.165) is 0 Å². The molecule has 3 heterocycles. The molecule has 69 heavy (non-hydrogen) atoms. The predicted octanol–water partition coefficient (Wildman–Crippen LogP) is 16.2. The lowest BCUT2D eigenvalue weighted by molar-refractivity contribution is 0.218. The molecular formula is C65H72BN3. The SMILES string of the molecule is Cc1cc2c3c(c1)N(c1ccc(C(C)(C)C)cc1-c1ccccc1)c1ccc(C(C)(C)C)cc1B3c1ccc(N3c4ccccc4C4(C)CCCCCCC34C)cc1N2c1ccc(C(C)(C)C)cc1. The van der Waals surface area contributed by atoms with Gasteiger partial charge in [0.1, 0.15) is 0 Å². The van der Waals surface area contributed by atoms with Gasteiger partial charge in [0.05, 0.1) is 11.2 Å². The van der Waals surface area contributed by atoms with Crippen molar-refractivity contribution in [2.24, 2.45) is 0 Å². The molecule has 350 valence electrons. The van der Waals surface area contributed by atoms with Crippen LogP contribution in [0.25, 0.3) is 11.1 Å². The maximum Gasteiger partial charge on any atom is 0.252 e. The van der Waals surface area contributed by atoms with E-state index in [1.807, 2.05) is 0 Å². The average Bonchev–Trinajstić information content (AvgIpc) is 3.49. The maximum atomic E-state index is 2.78. The third-order valence-electron chi connectivity index (χ3n) is 17.0. The highest BCUT2D eigenvalue weighted by molar-refractivity contribution is 7.00. The second-order valence-corrected chi connectivity index (χ2v) is 24.6. The normalized spacial score (nSPS) is 19.8. The molecular weight excluding hydrogens is 834 g/mol. The molecule has 2 atom stereocenters. The van der Waals surface area contributed by atoms with Gasteiger partial charge in [-0.05, 0) is 153 Å². The van der Waals surface area contributed by atoms with E-state index in [-0.39, 0.29) is 33.9 Å². The van der Waals surface area contributed by atoms with Crippen molar-refractivity contribution in [3.8, 4) is 11.1 Å². The van der Waals surface area contributed by atoms with Crippen LogP contribution in [-0.2, 0) is 21.7 Å². The van der Waals surface area contributed by atoms with Crippen LogP contribution < -0.4 is 31.1 Å². The highest BCUT2D eigenvalue weighted by atomic mass is 15.3. The lowest BCUT2D eigenvalue weighted by atomic mass is 9.33. The molecule has 0 saturated heterocycles. The number of benzene rings is 7. The summed E-state index contributed by atoms with van der Waals surface area (Å²) in [6.07, 6.45) is 7.53. The van der Waals surface area contributed by atoms with Crippen molar-refractivity contribution < 1.29 is 0 Å². The van der Waals surface area contributed by atoms with E-state index in [4.69, 9.17) is 0 Å². The lowest BCUT2D eigenvalue weighted by Crippen LogP contribution is -2.61. The summed E-state index contributed by atoms with van der Waals surface area (Å²) >= 11 is 0. The first-order valence-electron chi connectivity index (χ1n) is 26.0. The molecule has 3 aliphatic heterocycles. The lowest BCUT2D eigenvalue weighted by Gasteiger charge is -2.49. The first kappa shape index (κ1) is 45.4. The summed E-state index contributed by atoms with van der Waals surface area (Å²) in [6.45, 7) is 28.5. The second kappa shape index (κ2) is 16.0. The van der Waals surface area contributed by atoms with Gasteiger partial charge in [0.15, 0.2) is 0 Å². The number of hydrogen-bond acceptors (Lipinski definition) is 3. The first-order valence-corrected chi connectivity index (χ1v) is 26.0.